The zero-order valence-electron chi connectivity index (χ0n) is 16.5. The molecule has 5 atom stereocenters. The molecule has 2 aromatic carbocycles. The van der Waals surface area contributed by atoms with Gasteiger partial charge in [0.25, 0.3) is 0 Å². The van der Waals surface area contributed by atoms with Crippen LogP contribution in [0, 0.1) is 0 Å². The Kier molecular flexibility index (Phi) is 5.34. The number of rotatable bonds is 3. The van der Waals surface area contributed by atoms with Crippen molar-refractivity contribution in [1.29, 1.82) is 0 Å². The number of aliphatic hydroxyl groups is 3. The number of phenolic OH excluding ortho intramolecular Hbond substituents is 4. The van der Waals surface area contributed by atoms with E-state index in [0.29, 0.717) is 0 Å². The largest absolute Gasteiger partial charge is 0.504 e. The van der Waals surface area contributed by atoms with Crippen molar-refractivity contribution in [3.05, 3.63) is 40.6 Å². The lowest BCUT2D eigenvalue weighted by atomic mass is 10.00. The van der Waals surface area contributed by atoms with E-state index in [1.54, 1.807) is 0 Å². The fourth-order valence-electron chi connectivity index (χ4n) is 3.43. The molecule has 0 saturated carbocycles. The van der Waals surface area contributed by atoms with Gasteiger partial charge in [0, 0.05) is 17.7 Å². The molecule has 0 radical (unpaired) electrons. The van der Waals surface area contributed by atoms with Gasteiger partial charge >= 0.3 is 0 Å². The summed E-state index contributed by atoms with van der Waals surface area (Å²) in [6.45, 7) is 1.42. The van der Waals surface area contributed by atoms with Crippen LogP contribution in [0.2, 0.25) is 0 Å². The van der Waals surface area contributed by atoms with Crippen LogP contribution in [-0.4, -0.2) is 66.5 Å². The van der Waals surface area contributed by atoms with Crippen molar-refractivity contribution in [2.24, 2.45) is 0 Å². The Morgan fingerprint density at radius 3 is 2.28 bits per heavy atom. The van der Waals surface area contributed by atoms with Gasteiger partial charge in [0.05, 0.1) is 6.10 Å². The van der Waals surface area contributed by atoms with Crippen molar-refractivity contribution >= 4 is 11.0 Å². The minimum absolute atomic E-state index is 0.0118. The summed E-state index contributed by atoms with van der Waals surface area (Å²) in [7, 11) is 0. The van der Waals surface area contributed by atoms with Crippen molar-refractivity contribution in [3.8, 4) is 40.1 Å². The summed E-state index contributed by atoms with van der Waals surface area (Å²) in [6.07, 6.45) is -7.20. The SMILES string of the molecule is C[C@H]1OC(Oc2c(O)cc3oc(-c4ccc(O)c(O)c4)cc(=O)c3c2O)[C@H](O)[C@@H](O)[C@@H]1O. The number of fused-ring (bicyclic) bond motifs is 1. The van der Waals surface area contributed by atoms with Gasteiger partial charge in [-0.15, -0.1) is 0 Å². The number of hydrogen-bond donors (Lipinski definition) is 7. The summed E-state index contributed by atoms with van der Waals surface area (Å²) in [6, 6.07) is 5.78. The van der Waals surface area contributed by atoms with Gasteiger partial charge in [0.2, 0.25) is 12.0 Å². The minimum atomic E-state index is -1.71. The smallest absolute Gasteiger partial charge is 0.229 e. The summed E-state index contributed by atoms with van der Waals surface area (Å²) in [5.74, 6) is -2.87. The van der Waals surface area contributed by atoms with Crippen LogP contribution in [0.25, 0.3) is 22.3 Å². The average Bonchev–Trinajstić information content (AvgIpc) is 2.74. The van der Waals surface area contributed by atoms with E-state index < -0.39 is 59.1 Å². The first-order valence-corrected chi connectivity index (χ1v) is 9.50. The number of aromatic hydroxyl groups is 4. The highest BCUT2D eigenvalue weighted by atomic mass is 16.7. The van der Waals surface area contributed by atoms with Gasteiger partial charge < -0.3 is 49.6 Å². The Balaban J connectivity index is 1.76. The van der Waals surface area contributed by atoms with Crippen LogP contribution in [0.15, 0.2) is 39.5 Å². The van der Waals surface area contributed by atoms with Gasteiger partial charge in [0.1, 0.15) is 35.0 Å². The Labute approximate surface area is 179 Å². The molecule has 2 heterocycles. The van der Waals surface area contributed by atoms with E-state index in [1.165, 1.54) is 25.1 Å². The molecule has 7 N–H and O–H groups in total. The van der Waals surface area contributed by atoms with Crippen molar-refractivity contribution in [2.45, 2.75) is 37.6 Å². The average molecular weight is 448 g/mol. The van der Waals surface area contributed by atoms with Crippen LogP contribution in [-0.2, 0) is 4.74 Å². The number of hydrogen-bond acceptors (Lipinski definition) is 11. The van der Waals surface area contributed by atoms with E-state index in [2.05, 4.69) is 0 Å². The molecule has 1 aromatic heterocycles. The molecular weight excluding hydrogens is 428 g/mol. The quantitative estimate of drug-likeness (QED) is 0.276. The van der Waals surface area contributed by atoms with Crippen LogP contribution >= 0.6 is 0 Å². The maximum absolute atomic E-state index is 12.7. The molecular formula is C21H20O11. The molecule has 11 nitrogen and oxygen atoms in total. The molecule has 4 rings (SSSR count). The maximum Gasteiger partial charge on any atom is 0.229 e. The molecule has 1 saturated heterocycles. The fourth-order valence-corrected chi connectivity index (χ4v) is 3.43. The predicted octanol–water partition coefficient (Wildman–Crippen LogP) is 0.489. The number of aliphatic hydroxyl groups excluding tert-OH is 3. The molecule has 0 spiro atoms. The molecule has 0 amide bonds. The van der Waals surface area contributed by atoms with Gasteiger partial charge in [0.15, 0.2) is 28.4 Å². The molecule has 0 aliphatic carbocycles. The summed E-state index contributed by atoms with van der Waals surface area (Å²) >= 11 is 0. The standard InChI is InChI=1S/C21H20O11/c1-7-16(26)18(28)19(29)21(30-7)32-20-12(25)6-14-15(17(20)27)11(24)5-13(31-14)8-2-3-9(22)10(23)4-8/h2-7,16,18-19,21-23,25-29H,1H3/t7-,16-,18+,19-,21?/m1/s1. The van der Waals surface area contributed by atoms with Crippen molar-refractivity contribution in [1.82, 2.24) is 0 Å². The maximum atomic E-state index is 12.7. The number of phenols is 4. The molecule has 11 heteroatoms. The lowest BCUT2D eigenvalue weighted by molar-refractivity contribution is -0.268. The first-order chi connectivity index (χ1) is 15.1. The Bertz CT molecular complexity index is 1230. The van der Waals surface area contributed by atoms with Crippen LogP contribution in [0.4, 0.5) is 0 Å². The zero-order valence-corrected chi connectivity index (χ0v) is 16.5. The van der Waals surface area contributed by atoms with E-state index >= 15 is 0 Å². The van der Waals surface area contributed by atoms with Crippen molar-refractivity contribution < 1.29 is 49.6 Å². The summed E-state index contributed by atoms with van der Waals surface area (Å²) in [4.78, 5) is 12.7. The van der Waals surface area contributed by atoms with Gasteiger partial charge in [-0.05, 0) is 25.1 Å². The molecule has 1 fully saturated rings. The number of benzene rings is 2. The van der Waals surface area contributed by atoms with E-state index in [-0.39, 0.29) is 28.0 Å². The van der Waals surface area contributed by atoms with Gasteiger partial charge in [-0.25, -0.2) is 0 Å². The number of ether oxygens (including phenoxy) is 2. The van der Waals surface area contributed by atoms with E-state index in [4.69, 9.17) is 13.9 Å². The first kappa shape index (κ1) is 21.7. The monoisotopic (exact) mass is 448 g/mol. The molecule has 0 bridgehead atoms. The summed E-state index contributed by atoms with van der Waals surface area (Å²) in [5.41, 5.74) is -0.680. The van der Waals surface area contributed by atoms with E-state index in [0.717, 1.165) is 12.1 Å². The second-order valence-electron chi connectivity index (χ2n) is 7.42. The summed E-state index contributed by atoms with van der Waals surface area (Å²) < 4.78 is 16.2. The van der Waals surface area contributed by atoms with E-state index in [1.807, 2.05) is 0 Å². The Hall–Kier alpha value is -3.51. The molecule has 1 unspecified atom stereocenters. The third-order valence-corrected chi connectivity index (χ3v) is 5.23. The molecule has 32 heavy (non-hydrogen) atoms. The van der Waals surface area contributed by atoms with Crippen molar-refractivity contribution in [3.63, 3.8) is 0 Å². The van der Waals surface area contributed by atoms with Crippen LogP contribution in [0.1, 0.15) is 6.92 Å². The lowest BCUT2D eigenvalue weighted by Crippen LogP contribution is -2.58. The Morgan fingerprint density at radius 2 is 1.59 bits per heavy atom. The van der Waals surface area contributed by atoms with Crippen LogP contribution < -0.4 is 10.2 Å². The molecule has 3 aromatic rings. The van der Waals surface area contributed by atoms with Gasteiger partial charge in [-0.1, -0.05) is 0 Å². The predicted molar refractivity (Wildman–Crippen MR) is 108 cm³/mol. The van der Waals surface area contributed by atoms with Crippen LogP contribution in [0.3, 0.4) is 0 Å². The second-order valence-corrected chi connectivity index (χ2v) is 7.42. The van der Waals surface area contributed by atoms with Gasteiger partial charge in [-0.2, -0.15) is 0 Å². The molecule has 1 aliphatic rings. The van der Waals surface area contributed by atoms with E-state index in [9.17, 15) is 40.5 Å². The third-order valence-electron chi connectivity index (χ3n) is 5.23. The Morgan fingerprint density at radius 1 is 0.875 bits per heavy atom. The second kappa shape index (κ2) is 7.88. The zero-order chi connectivity index (χ0) is 23.3. The molecule has 1 aliphatic heterocycles. The topological polar surface area (TPSA) is 190 Å². The first-order valence-electron chi connectivity index (χ1n) is 9.50. The summed E-state index contributed by atoms with van der Waals surface area (Å²) in [5, 5.41) is 69.5. The third kappa shape index (κ3) is 3.56. The van der Waals surface area contributed by atoms with Crippen molar-refractivity contribution in [2.75, 3.05) is 0 Å². The highest BCUT2D eigenvalue weighted by molar-refractivity contribution is 5.89. The highest BCUT2D eigenvalue weighted by Crippen LogP contribution is 2.43. The normalized spacial score (nSPS) is 25.7. The van der Waals surface area contributed by atoms with Gasteiger partial charge in [-0.3, -0.25) is 4.79 Å². The molecule has 170 valence electrons. The fraction of sp³-hybridized carbons (Fsp3) is 0.286. The highest BCUT2D eigenvalue weighted by Gasteiger charge is 2.43. The minimum Gasteiger partial charge on any atom is -0.504 e. The van der Waals surface area contributed by atoms with Crippen LogP contribution in [0.5, 0.6) is 28.7 Å². The lowest BCUT2D eigenvalue weighted by Gasteiger charge is -2.38.